The largest absolute Gasteiger partial charge is 0.368 e. The molecular formula is C9H16N2O2. The van der Waals surface area contributed by atoms with Crippen LogP contribution in [0.4, 0.5) is 0 Å². The SMILES string of the molecule is CC/C(C)=N/NC(=O)[C@@H]1CCCO1. The predicted octanol–water partition coefficient (Wildman–Crippen LogP) is 1.07. The summed E-state index contributed by atoms with van der Waals surface area (Å²) in [6.45, 7) is 4.57. The Hall–Kier alpha value is -0.900. The molecule has 1 saturated heterocycles. The molecular weight excluding hydrogens is 168 g/mol. The molecule has 1 fully saturated rings. The van der Waals surface area contributed by atoms with Gasteiger partial charge in [-0.3, -0.25) is 4.79 Å². The molecule has 0 bridgehead atoms. The molecule has 13 heavy (non-hydrogen) atoms. The highest BCUT2D eigenvalue weighted by atomic mass is 16.5. The second-order valence-corrected chi connectivity index (χ2v) is 3.18. The second kappa shape index (κ2) is 4.97. The molecule has 0 aromatic carbocycles. The number of hydrazone groups is 1. The van der Waals surface area contributed by atoms with Gasteiger partial charge in [0.1, 0.15) is 6.10 Å². The van der Waals surface area contributed by atoms with Crippen LogP contribution < -0.4 is 5.43 Å². The van der Waals surface area contributed by atoms with E-state index in [4.69, 9.17) is 4.74 Å². The summed E-state index contributed by atoms with van der Waals surface area (Å²) in [4.78, 5) is 11.3. The number of rotatable bonds is 3. The minimum absolute atomic E-state index is 0.120. The summed E-state index contributed by atoms with van der Waals surface area (Å²) in [7, 11) is 0. The summed E-state index contributed by atoms with van der Waals surface area (Å²) in [6, 6.07) is 0. The minimum atomic E-state index is -0.284. The summed E-state index contributed by atoms with van der Waals surface area (Å²) in [5.74, 6) is -0.120. The first-order valence-corrected chi connectivity index (χ1v) is 4.68. The lowest BCUT2D eigenvalue weighted by atomic mass is 10.2. The molecule has 1 atom stereocenters. The molecule has 0 aromatic rings. The van der Waals surface area contributed by atoms with Crippen LogP contribution in [-0.2, 0) is 9.53 Å². The van der Waals surface area contributed by atoms with Gasteiger partial charge < -0.3 is 4.74 Å². The van der Waals surface area contributed by atoms with Gasteiger partial charge in [-0.1, -0.05) is 6.92 Å². The van der Waals surface area contributed by atoms with Crippen molar-refractivity contribution in [3.05, 3.63) is 0 Å². The van der Waals surface area contributed by atoms with Crippen LogP contribution in [0.1, 0.15) is 33.1 Å². The molecule has 0 saturated carbocycles. The summed E-state index contributed by atoms with van der Waals surface area (Å²) >= 11 is 0. The van der Waals surface area contributed by atoms with Gasteiger partial charge >= 0.3 is 0 Å². The first-order valence-electron chi connectivity index (χ1n) is 4.68. The zero-order valence-electron chi connectivity index (χ0n) is 8.17. The van der Waals surface area contributed by atoms with Gasteiger partial charge in [0.05, 0.1) is 0 Å². The van der Waals surface area contributed by atoms with Crippen molar-refractivity contribution in [3.63, 3.8) is 0 Å². The highest BCUT2D eigenvalue weighted by molar-refractivity contribution is 5.85. The van der Waals surface area contributed by atoms with Gasteiger partial charge in [-0.25, -0.2) is 5.43 Å². The van der Waals surface area contributed by atoms with Gasteiger partial charge in [0.25, 0.3) is 5.91 Å². The van der Waals surface area contributed by atoms with Gasteiger partial charge in [-0.15, -0.1) is 0 Å². The van der Waals surface area contributed by atoms with Crippen molar-refractivity contribution in [1.29, 1.82) is 0 Å². The lowest BCUT2D eigenvalue weighted by molar-refractivity contribution is -0.130. The zero-order chi connectivity index (χ0) is 9.68. The molecule has 1 heterocycles. The highest BCUT2D eigenvalue weighted by Crippen LogP contribution is 2.11. The van der Waals surface area contributed by atoms with Crippen LogP contribution in [0.25, 0.3) is 0 Å². The Morgan fingerprint density at radius 3 is 3.00 bits per heavy atom. The number of ether oxygens (including phenoxy) is 1. The maximum Gasteiger partial charge on any atom is 0.269 e. The summed E-state index contributed by atoms with van der Waals surface area (Å²) in [5.41, 5.74) is 3.42. The van der Waals surface area contributed by atoms with Crippen molar-refractivity contribution in [2.45, 2.75) is 39.2 Å². The van der Waals surface area contributed by atoms with Crippen molar-refractivity contribution in [1.82, 2.24) is 5.43 Å². The number of nitrogens with zero attached hydrogens (tertiary/aromatic N) is 1. The summed E-state index contributed by atoms with van der Waals surface area (Å²) < 4.78 is 5.20. The van der Waals surface area contributed by atoms with Crippen LogP contribution in [0.5, 0.6) is 0 Å². The smallest absolute Gasteiger partial charge is 0.269 e. The second-order valence-electron chi connectivity index (χ2n) is 3.18. The van der Waals surface area contributed by atoms with E-state index in [1.807, 2.05) is 13.8 Å². The summed E-state index contributed by atoms with van der Waals surface area (Å²) in [6.07, 6.45) is 2.35. The third kappa shape index (κ3) is 3.14. The van der Waals surface area contributed by atoms with E-state index in [-0.39, 0.29) is 12.0 Å². The Labute approximate surface area is 78.3 Å². The zero-order valence-corrected chi connectivity index (χ0v) is 8.17. The molecule has 1 amide bonds. The topological polar surface area (TPSA) is 50.7 Å². The Kier molecular flexibility index (Phi) is 3.89. The molecule has 4 nitrogen and oxygen atoms in total. The normalized spacial score (nSPS) is 23.2. The van der Waals surface area contributed by atoms with Crippen molar-refractivity contribution in [2.75, 3.05) is 6.61 Å². The van der Waals surface area contributed by atoms with Crippen LogP contribution in [0.2, 0.25) is 0 Å². The van der Waals surface area contributed by atoms with Crippen LogP contribution in [-0.4, -0.2) is 24.3 Å². The molecule has 1 aliphatic rings. The monoisotopic (exact) mass is 184 g/mol. The molecule has 0 radical (unpaired) electrons. The van der Waals surface area contributed by atoms with Crippen molar-refractivity contribution < 1.29 is 9.53 Å². The number of hydrogen-bond acceptors (Lipinski definition) is 3. The number of carbonyl (C=O) groups is 1. The maximum atomic E-state index is 11.3. The number of carbonyl (C=O) groups excluding carboxylic acids is 1. The molecule has 0 aliphatic carbocycles. The van der Waals surface area contributed by atoms with Gasteiger partial charge in [0.15, 0.2) is 0 Å². The molecule has 1 rings (SSSR count). The Morgan fingerprint density at radius 1 is 1.69 bits per heavy atom. The van der Waals surface area contributed by atoms with Crippen molar-refractivity contribution in [2.24, 2.45) is 5.10 Å². The predicted molar refractivity (Wildman–Crippen MR) is 50.5 cm³/mol. The van der Waals surface area contributed by atoms with E-state index >= 15 is 0 Å². The van der Waals surface area contributed by atoms with E-state index in [1.165, 1.54) is 0 Å². The molecule has 1 aliphatic heterocycles. The third-order valence-electron chi connectivity index (χ3n) is 2.09. The fourth-order valence-electron chi connectivity index (χ4n) is 1.09. The van der Waals surface area contributed by atoms with Crippen molar-refractivity contribution >= 4 is 11.6 Å². The first-order chi connectivity index (χ1) is 6.24. The van der Waals surface area contributed by atoms with Crippen molar-refractivity contribution in [3.8, 4) is 0 Å². The van der Waals surface area contributed by atoms with Crippen LogP contribution >= 0.6 is 0 Å². The van der Waals surface area contributed by atoms with Crippen LogP contribution in [0.15, 0.2) is 5.10 Å². The average Bonchev–Trinajstić information content (AvgIpc) is 2.66. The Balaban J connectivity index is 2.32. The fraction of sp³-hybridized carbons (Fsp3) is 0.778. The van der Waals surface area contributed by atoms with E-state index in [0.717, 1.165) is 25.0 Å². The quantitative estimate of drug-likeness (QED) is 0.527. The van der Waals surface area contributed by atoms with Gasteiger partial charge in [0.2, 0.25) is 0 Å². The minimum Gasteiger partial charge on any atom is -0.368 e. The first kappa shape index (κ1) is 10.2. The number of hydrogen-bond donors (Lipinski definition) is 1. The maximum absolute atomic E-state index is 11.3. The third-order valence-corrected chi connectivity index (χ3v) is 2.09. The van der Waals surface area contributed by atoms with E-state index in [1.54, 1.807) is 0 Å². The van der Waals surface area contributed by atoms with E-state index < -0.39 is 0 Å². The molecule has 0 aromatic heterocycles. The van der Waals surface area contributed by atoms with E-state index in [9.17, 15) is 4.79 Å². The van der Waals surface area contributed by atoms with Gasteiger partial charge in [-0.2, -0.15) is 5.10 Å². The van der Waals surface area contributed by atoms with E-state index in [2.05, 4.69) is 10.5 Å². The highest BCUT2D eigenvalue weighted by Gasteiger charge is 2.22. The van der Waals surface area contributed by atoms with Gasteiger partial charge in [-0.05, 0) is 26.2 Å². The van der Waals surface area contributed by atoms with Crippen LogP contribution in [0.3, 0.4) is 0 Å². The summed E-state index contributed by atoms with van der Waals surface area (Å²) in [5, 5.41) is 3.92. The average molecular weight is 184 g/mol. The van der Waals surface area contributed by atoms with Gasteiger partial charge in [0, 0.05) is 12.3 Å². The molecule has 1 N–H and O–H groups in total. The lowest BCUT2D eigenvalue weighted by Gasteiger charge is -2.06. The molecule has 0 unspecified atom stereocenters. The number of amides is 1. The molecule has 0 spiro atoms. The Bertz CT molecular complexity index is 208. The molecule has 4 heteroatoms. The lowest BCUT2D eigenvalue weighted by Crippen LogP contribution is -2.31. The fourth-order valence-corrected chi connectivity index (χ4v) is 1.09. The molecule has 74 valence electrons. The van der Waals surface area contributed by atoms with E-state index in [0.29, 0.717) is 6.61 Å². The number of nitrogens with one attached hydrogen (secondary N) is 1. The standard InChI is InChI=1S/C9H16N2O2/c1-3-7(2)10-11-9(12)8-5-4-6-13-8/h8H,3-6H2,1-2H3,(H,11,12)/b10-7+/t8-/m0/s1. The van der Waals surface area contributed by atoms with Crippen LogP contribution in [0, 0.1) is 0 Å². The Morgan fingerprint density at radius 2 is 2.46 bits per heavy atom.